The van der Waals surface area contributed by atoms with Crippen molar-refractivity contribution in [2.75, 3.05) is 0 Å². The average Bonchev–Trinajstić information content (AvgIpc) is 2.87. The van der Waals surface area contributed by atoms with Gasteiger partial charge in [-0.1, -0.05) is 24.3 Å². The highest BCUT2D eigenvalue weighted by atomic mass is 19.4. The molecule has 1 heterocycles. The molecule has 0 atom stereocenters. The summed E-state index contributed by atoms with van der Waals surface area (Å²) >= 11 is 0. The molecule has 22 heavy (non-hydrogen) atoms. The van der Waals surface area contributed by atoms with Gasteiger partial charge in [0, 0.05) is 0 Å². The number of halogens is 4. The summed E-state index contributed by atoms with van der Waals surface area (Å²) in [7, 11) is 0. The van der Waals surface area contributed by atoms with Crippen molar-refractivity contribution in [2.45, 2.75) is 6.18 Å². The second-order valence-corrected chi connectivity index (χ2v) is 4.70. The van der Waals surface area contributed by atoms with Gasteiger partial charge in [-0.2, -0.15) is 13.2 Å². The first-order valence-electron chi connectivity index (χ1n) is 6.43. The molecule has 0 radical (unpaired) electrons. The summed E-state index contributed by atoms with van der Waals surface area (Å²) in [5.41, 5.74) is 0.379. The van der Waals surface area contributed by atoms with Crippen LogP contribution in [0.15, 0.2) is 42.5 Å². The lowest BCUT2D eigenvalue weighted by atomic mass is 10.1. The van der Waals surface area contributed by atoms with Gasteiger partial charge in [0.05, 0.1) is 16.6 Å². The lowest BCUT2D eigenvalue weighted by molar-refractivity contribution is -0.137. The minimum absolute atomic E-state index is 0.116. The van der Waals surface area contributed by atoms with Crippen LogP contribution in [0.2, 0.25) is 0 Å². The molecular weight excluding hydrogens is 296 g/mol. The second kappa shape index (κ2) is 5.29. The molecule has 0 bridgehead atoms. The van der Waals surface area contributed by atoms with E-state index < -0.39 is 17.6 Å². The molecule has 3 aromatic rings. The summed E-state index contributed by atoms with van der Waals surface area (Å²) in [4.78, 5) is 7.22. The van der Waals surface area contributed by atoms with Crippen LogP contribution in [0.5, 0.6) is 0 Å². The van der Waals surface area contributed by atoms with Crippen LogP contribution in [0.3, 0.4) is 0 Å². The third-order valence-corrected chi connectivity index (χ3v) is 3.15. The number of imidazole rings is 1. The summed E-state index contributed by atoms with van der Waals surface area (Å²) in [6, 6.07) is 9.83. The predicted molar refractivity (Wildman–Crippen MR) is 76.4 cm³/mol. The van der Waals surface area contributed by atoms with Crippen LogP contribution in [-0.4, -0.2) is 9.97 Å². The fourth-order valence-corrected chi connectivity index (χ4v) is 2.14. The first kappa shape index (κ1) is 14.3. The van der Waals surface area contributed by atoms with E-state index in [9.17, 15) is 17.6 Å². The SMILES string of the molecule is Fc1ccc(C=Cc2nc3ccccc3[nH]2)c(C(F)(F)F)c1. The standard InChI is InChI=1S/C16H10F4N2/c17-11-7-5-10(12(9-11)16(18,19)20)6-8-15-21-13-3-1-2-4-14(13)22-15/h1-9H,(H,21,22). The van der Waals surface area contributed by atoms with E-state index in [0.29, 0.717) is 11.9 Å². The van der Waals surface area contributed by atoms with Crippen molar-refractivity contribution in [3.8, 4) is 0 Å². The molecule has 1 N–H and O–H groups in total. The number of benzene rings is 2. The molecule has 0 aliphatic carbocycles. The van der Waals surface area contributed by atoms with Crippen LogP contribution < -0.4 is 0 Å². The Kier molecular flexibility index (Phi) is 3.44. The number of H-pyrrole nitrogens is 1. The maximum absolute atomic E-state index is 13.0. The molecule has 0 fully saturated rings. The molecule has 0 unspecified atom stereocenters. The summed E-state index contributed by atoms with van der Waals surface area (Å²) in [6.45, 7) is 0. The largest absolute Gasteiger partial charge is 0.417 e. The van der Waals surface area contributed by atoms with Crippen LogP contribution in [0.25, 0.3) is 23.2 Å². The third kappa shape index (κ3) is 2.86. The zero-order chi connectivity index (χ0) is 15.7. The number of aromatic nitrogens is 2. The highest BCUT2D eigenvalue weighted by Crippen LogP contribution is 2.33. The smallest absolute Gasteiger partial charge is 0.338 e. The minimum Gasteiger partial charge on any atom is -0.338 e. The zero-order valence-corrected chi connectivity index (χ0v) is 11.2. The van der Waals surface area contributed by atoms with Gasteiger partial charge in [-0.25, -0.2) is 9.37 Å². The number of alkyl halides is 3. The predicted octanol–water partition coefficient (Wildman–Crippen LogP) is 4.89. The Morgan fingerprint density at radius 2 is 1.77 bits per heavy atom. The number of fused-ring (bicyclic) bond motifs is 1. The molecule has 0 saturated carbocycles. The molecular formula is C16H10F4N2. The van der Waals surface area contributed by atoms with Gasteiger partial charge in [0.2, 0.25) is 0 Å². The maximum atomic E-state index is 13.0. The van der Waals surface area contributed by atoms with E-state index in [2.05, 4.69) is 9.97 Å². The van der Waals surface area contributed by atoms with Crippen molar-refractivity contribution in [1.29, 1.82) is 0 Å². The van der Waals surface area contributed by atoms with E-state index in [4.69, 9.17) is 0 Å². The Hall–Kier alpha value is -2.63. The van der Waals surface area contributed by atoms with Crippen molar-refractivity contribution in [2.24, 2.45) is 0 Å². The summed E-state index contributed by atoms with van der Waals surface area (Å²) in [5.74, 6) is -0.494. The summed E-state index contributed by atoms with van der Waals surface area (Å²) < 4.78 is 51.7. The van der Waals surface area contributed by atoms with E-state index in [0.717, 1.165) is 23.2 Å². The van der Waals surface area contributed by atoms with Gasteiger partial charge in [-0.15, -0.1) is 0 Å². The van der Waals surface area contributed by atoms with Crippen molar-refractivity contribution >= 4 is 23.2 Å². The molecule has 6 heteroatoms. The Balaban J connectivity index is 1.98. The fourth-order valence-electron chi connectivity index (χ4n) is 2.14. The molecule has 1 aromatic heterocycles. The van der Waals surface area contributed by atoms with Crippen LogP contribution >= 0.6 is 0 Å². The van der Waals surface area contributed by atoms with Crippen molar-refractivity contribution < 1.29 is 17.6 Å². The molecule has 3 rings (SSSR count). The van der Waals surface area contributed by atoms with Crippen LogP contribution in [0.4, 0.5) is 17.6 Å². The molecule has 0 aliphatic heterocycles. The zero-order valence-electron chi connectivity index (χ0n) is 11.2. The van der Waals surface area contributed by atoms with E-state index in [1.54, 1.807) is 6.07 Å². The molecule has 0 aliphatic rings. The normalized spacial score (nSPS) is 12.4. The number of para-hydroxylation sites is 2. The maximum Gasteiger partial charge on any atom is 0.417 e. The van der Waals surface area contributed by atoms with E-state index in [-0.39, 0.29) is 5.56 Å². The van der Waals surface area contributed by atoms with Gasteiger partial charge in [0.1, 0.15) is 11.6 Å². The van der Waals surface area contributed by atoms with Gasteiger partial charge in [-0.05, 0) is 35.9 Å². The number of hydrogen-bond acceptors (Lipinski definition) is 1. The third-order valence-electron chi connectivity index (χ3n) is 3.15. The molecule has 0 amide bonds. The number of nitrogens with one attached hydrogen (secondary N) is 1. The number of rotatable bonds is 2. The number of hydrogen-bond donors (Lipinski definition) is 1. The van der Waals surface area contributed by atoms with Crippen molar-refractivity contribution in [1.82, 2.24) is 9.97 Å². The Morgan fingerprint density at radius 3 is 2.50 bits per heavy atom. The van der Waals surface area contributed by atoms with E-state index >= 15 is 0 Å². The number of aromatic amines is 1. The lowest BCUT2D eigenvalue weighted by Gasteiger charge is -2.10. The van der Waals surface area contributed by atoms with Crippen LogP contribution in [-0.2, 0) is 6.18 Å². The van der Waals surface area contributed by atoms with Gasteiger partial charge in [0.15, 0.2) is 0 Å². The first-order chi connectivity index (χ1) is 10.4. The highest BCUT2D eigenvalue weighted by Gasteiger charge is 2.33. The summed E-state index contributed by atoms with van der Waals surface area (Å²) in [5, 5.41) is 0. The first-order valence-corrected chi connectivity index (χ1v) is 6.43. The molecule has 0 spiro atoms. The monoisotopic (exact) mass is 306 g/mol. The molecule has 2 nitrogen and oxygen atoms in total. The second-order valence-electron chi connectivity index (χ2n) is 4.70. The quantitative estimate of drug-likeness (QED) is 0.671. The van der Waals surface area contributed by atoms with E-state index in [1.165, 1.54) is 12.2 Å². The van der Waals surface area contributed by atoms with Gasteiger partial charge in [0.25, 0.3) is 0 Å². The molecule has 112 valence electrons. The minimum atomic E-state index is -4.62. The Morgan fingerprint density at radius 1 is 1.00 bits per heavy atom. The van der Waals surface area contributed by atoms with Crippen molar-refractivity contribution in [3.63, 3.8) is 0 Å². The topological polar surface area (TPSA) is 28.7 Å². The lowest BCUT2D eigenvalue weighted by Crippen LogP contribution is -2.07. The van der Waals surface area contributed by atoms with E-state index in [1.807, 2.05) is 18.2 Å². The Bertz CT molecular complexity index is 814. The van der Waals surface area contributed by atoms with Gasteiger partial charge in [-0.3, -0.25) is 0 Å². The summed E-state index contributed by atoms with van der Waals surface area (Å²) in [6.07, 6.45) is -1.92. The molecule has 0 saturated heterocycles. The Labute approximate surface area is 123 Å². The average molecular weight is 306 g/mol. The van der Waals surface area contributed by atoms with Gasteiger partial charge >= 0.3 is 6.18 Å². The molecule has 2 aromatic carbocycles. The van der Waals surface area contributed by atoms with Crippen LogP contribution in [0, 0.1) is 5.82 Å². The van der Waals surface area contributed by atoms with Gasteiger partial charge < -0.3 is 4.98 Å². The van der Waals surface area contributed by atoms with Crippen LogP contribution in [0.1, 0.15) is 17.0 Å². The highest BCUT2D eigenvalue weighted by molar-refractivity contribution is 5.79. The van der Waals surface area contributed by atoms with Crippen molar-refractivity contribution in [3.05, 3.63) is 65.2 Å². The number of nitrogens with zero attached hydrogens (tertiary/aromatic N) is 1. The fraction of sp³-hybridized carbons (Fsp3) is 0.0625.